The van der Waals surface area contributed by atoms with E-state index in [0.717, 1.165) is 11.1 Å². The van der Waals surface area contributed by atoms with Crippen molar-refractivity contribution in [3.05, 3.63) is 59.9 Å². The zero-order valence-electron chi connectivity index (χ0n) is 14.4. The molecule has 26 heavy (non-hydrogen) atoms. The molecule has 2 heterocycles. The minimum absolute atomic E-state index is 0.203. The SMILES string of the molecule is O=C(/C=C/c1cnn(Cc2ccccc2)c1)OCC(=O)N1CCOCC1. The summed E-state index contributed by atoms with van der Waals surface area (Å²) in [4.78, 5) is 25.3. The Morgan fingerprint density at radius 1 is 1.19 bits per heavy atom. The molecule has 1 aliphatic rings. The highest BCUT2D eigenvalue weighted by Crippen LogP contribution is 2.06. The number of rotatable bonds is 6. The number of aromatic nitrogens is 2. The number of carbonyl (C=O) groups is 2. The Morgan fingerprint density at radius 3 is 2.73 bits per heavy atom. The van der Waals surface area contributed by atoms with Gasteiger partial charge in [-0.2, -0.15) is 5.10 Å². The highest BCUT2D eigenvalue weighted by atomic mass is 16.5. The van der Waals surface area contributed by atoms with Gasteiger partial charge in [0.05, 0.1) is 26.0 Å². The van der Waals surface area contributed by atoms with Crippen molar-refractivity contribution < 1.29 is 19.1 Å². The summed E-state index contributed by atoms with van der Waals surface area (Å²) in [6.07, 6.45) is 6.44. The summed E-state index contributed by atoms with van der Waals surface area (Å²) in [5.74, 6) is -0.756. The number of nitrogens with zero attached hydrogens (tertiary/aromatic N) is 3. The molecule has 7 heteroatoms. The monoisotopic (exact) mass is 355 g/mol. The van der Waals surface area contributed by atoms with E-state index in [1.165, 1.54) is 6.08 Å². The summed E-state index contributed by atoms with van der Waals surface area (Å²) in [6, 6.07) is 9.98. The van der Waals surface area contributed by atoms with Crippen molar-refractivity contribution in [2.75, 3.05) is 32.9 Å². The van der Waals surface area contributed by atoms with Crippen LogP contribution < -0.4 is 0 Å². The molecule has 0 unspecified atom stereocenters. The standard InChI is InChI=1S/C19H21N3O4/c23-18(21-8-10-25-11-9-21)15-26-19(24)7-6-17-12-20-22(14-17)13-16-4-2-1-3-5-16/h1-7,12,14H,8-11,13,15H2/b7-6+. The molecule has 1 amide bonds. The third-order valence-corrected chi connectivity index (χ3v) is 3.95. The van der Waals surface area contributed by atoms with E-state index in [9.17, 15) is 9.59 Å². The first-order valence-electron chi connectivity index (χ1n) is 8.47. The number of morpholine rings is 1. The van der Waals surface area contributed by atoms with Gasteiger partial charge in [0.15, 0.2) is 6.61 Å². The van der Waals surface area contributed by atoms with Gasteiger partial charge in [-0.1, -0.05) is 30.3 Å². The Labute approximate surface area is 151 Å². The Bertz CT molecular complexity index is 764. The topological polar surface area (TPSA) is 73.7 Å². The van der Waals surface area contributed by atoms with E-state index in [1.54, 1.807) is 21.9 Å². The van der Waals surface area contributed by atoms with Gasteiger partial charge in [-0.3, -0.25) is 9.48 Å². The molecule has 136 valence electrons. The molecule has 0 N–H and O–H groups in total. The fraction of sp³-hybridized carbons (Fsp3) is 0.316. The lowest BCUT2D eigenvalue weighted by molar-refractivity contribution is -0.150. The smallest absolute Gasteiger partial charge is 0.331 e. The molecule has 7 nitrogen and oxygen atoms in total. The molecule has 0 bridgehead atoms. The Hall–Kier alpha value is -2.93. The van der Waals surface area contributed by atoms with E-state index in [2.05, 4.69) is 5.10 Å². The van der Waals surface area contributed by atoms with Gasteiger partial charge < -0.3 is 14.4 Å². The maximum absolute atomic E-state index is 11.9. The molecule has 0 spiro atoms. The number of ether oxygens (including phenoxy) is 2. The van der Waals surface area contributed by atoms with Crippen LogP contribution in [0.1, 0.15) is 11.1 Å². The summed E-state index contributed by atoms with van der Waals surface area (Å²) in [7, 11) is 0. The van der Waals surface area contributed by atoms with Gasteiger partial charge >= 0.3 is 5.97 Å². The average Bonchev–Trinajstić information content (AvgIpc) is 3.13. The first-order valence-corrected chi connectivity index (χ1v) is 8.47. The minimum Gasteiger partial charge on any atom is -0.452 e. The Kier molecular flexibility index (Phi) is 6.16. The second-order valence-electron chi connectivity index (χ2n) is 5.89. The summed E-state index contributed by atoms with van der Waals surface area (Å²) in [6.45, 7) is 2.52. The largest absolute Gasteiger partial charge is 0.452 e. The third-order valence-electron chi connectivity index (χ3n) is 3.95. The van der Waals surface area contributed by atoms with E-state index >= 15 is 0 Å². The van der Waals surface area contributed by atoms with Crippen molar-refractivity contribution in [1.29, 1.82) is 0 Å². The maximum atomic E-state index is 11.9. The van der Waals surface area contributed by atoms with E-state index in [4.69, 9.17) is 9.47 Å². The number of carbonyl (C=O) groups excluding carboxylic acids is 2. The first-order chi connectivity index (χ1) is 12.7. The zero-order chi connectivity index (χ0) is 18.2. The summed E-state index contributed by atoms with van der Waals surface area (Å²) >= 11 is 0. The van der Waals surface area contributed by atoms with Crippen molar-refractivity contribution in [2.45, 2.75) is 6.54 Å². The second kappa shape index (κ2) is 8.96. The van der Waals surface area contributed by atoms with Gasteiger partial charge in [-0.15, -0.1) is 0 Å². The molecule has 1 saturated heterocycles. The van der Waals surface area contributed by atoms with Gasteiger partial charge in [0, 0.05) is 30.9 Å². The van der Waals surface area contributed by atoms with Crippen molar-refractivity contribution in [1.82, 2.24) is 14.7 Å². The molecule has 2 aromatic rings. The lowest BCUT2D eigenvalue weighted by Crippen LogP contribution is -2.42. The van der Waals surface area contributed by atoms with Gasteiger partial charge in [0.2, 0.25) is 0 Å². The van der Waals surface area contributed by atoms with Crippen molar-refractivity contribution in [3.8, 4) is 0 Å². The molecule has 1 aromatic carbocycles. The van der Waals surface area contributed by atoms with E-state index in [-0.39, 0.29) is 12.5 Å². The van der Waals surface area contributed by atoms with Crippen LogP contribution in [0.25, 0.3) is 6.08 Å². The third kappa shape index (κ3) is 5.29. The molecule has 1 aliphatic heterocycles. The fourth-order valence-electron chi connectivity index (χ4n) is 2.57. The van der Waals surface area contributed by atoms with Gasteiger partial charge in [0.1, 0.15) is 0 Å². The van der Waals surface area contributed by atoms with Crippen LogP contribution in [0.3, 0.4) is 0 Å². The van der Waals surface area contributed by atoms with Crippen LogP contribution in [-0.2, 0) is 25.6 Å². The number of benzene rings is 1. The molecular formula is C19H21N3O4. The molecule has 1 fully saturated rings. The Morgan fingerprint density at radius 2 is 1.96 bits per heavy atom. The fourth-order valence-corrected chi connectivity index (χ4v) is 2.57. The number of hydrogen-bond donors (Lipinski definition) is 0. The van der Waals surface area contributed by atoms with Gasteiger partial charge in [0.25, 0.3) is 5.91 Å². The van der Waals surface area contributed by atoms with Crippen LogP contribution in [0, 0.1) is 0 Å². The maximum Gasteiger partial charge on any atom is 0.331 e. The lowest BCUT2D eigenvalue weighted by atomic mass is 10.2. The Balaban J connectivity index is 1.45. The number of hydrogen-bond acceptors (Lipinski definition) is 5. The highest BCUT2D eigenvalue weighted by Gasteiger charge is 2.17. The van der Waals surface area contributed by atoms with Crippen LogP contribution in [0.4, 0.5) is 0 Å². The average molecular weight is 355 g/mol. The predicted octanol–water partition coefficient (Wildman–Crippen LogP) is 1.35. The minimum atomic E-state index is -0.553. The van der Waals surface area contributed by atoms with Crippen LogP contribution in [-0.4, -0.2) is 59.5 Å². The zero-order valence-corrected chi connectivity index (χ0v) is 14.4. The van der Waals surface area contributed by atoms with E-state index in [0.29, 0.717) is 32.8 Å². The van der Waals surface area contributed by atoms with Crippen LogP contribution in [0.2, 0.25) is 0 Å². The quantitative estimate of drug-likeness (QED) is 0.578. The summed E-state index contributed by atoms with van der Waals surface area (Å²) in [5, 5.41) is 4.27. The predicted molar refractivity (Wildman–Crippen MR) is 95.2 cm³/mol. The molecule has 0 aliphatic carbocycles. The van der Waals surface area contributed by atoms with Crippen LogP contribution in [0.15, 0.2) is 48.8 Å². The first kappa shape index (κ1) is 17.9. The molecule has 0 atom stereocenters. The van der Waals surface area contributed by atoms with Crippen molar-refractivity contribution in [2.24, 2.45) is 0 Å². The molecular weight excluding hydrogens is 334 g/mol. The van der Waals surface area contributed by atoms with Crippen LogP contribution >= 0.6 is 0 Å². The normalized spacial score (nSPS) is 14.5. The molecule has 0 radical (unpaired) electrons. The van der Waals surface area contributed by atoms with E-state index < -0.39 is 5.97 Å². The highest BCUT2D eigenvalue weighted by molar-refractivity contribution is 5.89. The molecule has 1 aromatic heterocycles. The molecule has 0 saturated carbocycles. The van der Waals surface area contributed by atoms with Crippen molar-refractivity contribution >= 4 is 18.0 Å². The lowest BCUT2D eigenvalue weighted by Gasteiger charge is -2.26. The number of amides is 1. The summed E-state index contributed by atoms with van der Waals surface area (Å²) < 4.78 is 12.0. The van der Waals surface area contributed by atoms with E-state index in [1.807, 2.05) is 36.5 Å². The number of esters is 1. The van der Waals surface area contributed by atoms with Gasteiger partial charge in [-0.05, 0) is 11.6 Å². The molecule has 3 rings (SSSR count). The second-order valence-corrected chi connectivity index (χ2v) is 5.89. The van der Waals surface area contributed by atoms with Crippen LogP contribution in [0.5, 0.6) is 0 Å². The van der Waals surface area contributed by atoms with Gasteiger partial charge in [-0.25, -0.2) is 4.79 Å². The van der Waals surface area contributed by atoms with Crippen molar-refractivity contribution in [3.63, 3.8) is 0 Å². The summed E-state index contributed by atoms with van der Waals surface area (Å²) in [5.41, 5.74) is 1.93.